The highest BCUT2D eigenvalue weighted by atomic mass is 32.1. The van der Waals surface area contributed by atoms with Gasteiger partial charge in [0.2, 0.25) is 5.91 Å². The summed E-state index contributed by atoms with van der Waals surface area (Å²) < 4.78 is 46.3. The van der Waals surface area contributed by atoms with Crippen LogP contribution < -0.4 is 15.0 Å². The third kappa shape index (κ3) is 7.28. The number of halogens is 3. The van der Waals surface area contributed by atoms with Crippen LogP contribution in [0.3, 0.4) is 0 Å². The highest BCUT2D eigenvalue weighted by Gasteiger charge is 2.27. The molecule has 0 radical (unpaired) electrons. The molecule has 0 aliphatic heterocycles. The summed E-state index contributed by atoms with van der Waals surface area (Å²) in [5.74, 6) is -2.52. The first-order valence-corrected chi connectivity index (χ1v) is 9.74. The molecule has 3 aromatic carbocycles. The quantitative estimate of drug-likeness (QED) is 0.551. The summed E-state index contributed by atoms with van der Waals surface area (Å²) in [5.41, 5.74) is 1.02. The number of ether oxygens (including phenoxy) is 1. The van der Waals surface area contributed by atoms with Gasteiger partial charge in [0.25, 0.3) is 0 Å². The molecule has 0 saturated heterocycles. The molecule has 0 spiro atoms. The predicted molar refractivity (Wildman–Crippen MR) is 124 cm³/mol. The van der Waals surface area contributed by atoms with Crippen LogP contribution in [-0.4, -0.2) is 25.1 Å². The smallest absolute Gasteiger partial charge is 0.410 e. The molecule has 0 fully saturated rings. The van der Waals surface area contributed by atoms with Crippen molar-refractivity contribution in [2.24, 2.45) is 0 Å². The second kappa shape index (κ2) is 11.4. The van der Waals surface area contributed by atoms with Crippen molar-refractivity contribution >= 4 is 31.2 Å². The molecular formula is C24H23F3N2O3S. The molecule has 0 heterocycles. The van der Waals surface area contributed by atoms with E-state index in [0.29, 0.717) is 11.6 Å². The zero-order chi connectivity index (χ0) is 23.3. The van der Waals surface area contributed by atoms with Crippen molar-refractivity contribution in [2.45, 2.75) is 19.4 Å². The molecule has 0 saturated carbocycles. The van der Waals surface area contributed by atoms with Gasteiger partial charge >= 0.3 is 6.09 Å². The van der Waals surface area contributed by atoms with E-state index in [1.54, 1.807) is 43.3 Å². The number of benzene rings is 3. The van der Waals surface area contributed by atoms with Crippen molar-refractivity contribution in [1.29, 1.82) is 0 Å². The predicted octanol–water partition coefficient (Wildman–Crippen LogP) is 4.89. The first-order chi connectivity index (χ1) is 15.2. The number of rotatable bonds is 6. The average Bonchev–Trinajstić information content (AvgIpc) is 2.71. The normalized spacial score (nSPS) is 11.2. The van der Waals surface area contributed by atoms with Crippen LogP contribution in [0.4, 0.5) is 23.7 Å². The van der Waals surface area contributed by atoms with Gasteiger partial charge in [-0.05, 0) is 60.5 Å². The van der Waals surface area contributed by atoms with Crippen molar-refractivity contribution < 1.29 is 27.5 Å². The van der Waals surface area contributed by atoms with E-state index >= 15 is 0 Å². The number of carbonyl (C=O) groups is 2. The standard InChI is InChI=1S/C24H21F3N2O3.H2S/c1-15-8-17(25)14-20(9-15)29(2)23(30)22(12-16-10-18(26)13-19(27)11-16)28-24(31)32-21-6-4-3-5-7-21;/h3-11,13-14,22H,12H2,1-2H3,(H,28,31);1H2/t22-;/m0./s1. The number of anilines is 1. The van der Waals surface area contributed by atoms with Gasteiger partial charge in [-0.15, -0.1) is 0 Å². The Hall–Kier alpha value is -3.46. The number of hydrogen-bond acceptors (Lipinski definition) is 3. The number of likely N-dealkylation sites (N-methyl/N-ethyl adjacent to an activating group) is 1. The minimum Gasteiger partial charge on any atom is -0.410 e. The van der Waals surface area contributed by atoms with Crippen molar-refractivity contribution in [3.05, 3.63) is 95.3 Å². The molecule has 2 amide bonds. The van der Waals surface area contributed by atoms with E-state index in [1.165, 1.54) is 24.1 Å². The molecule has 0 aromatic heterocycles. The number of amides is 2. The highest BCUT2D eigenvalue weighted by Crippen LogP contribution is 2.19. The van der Waals surface area contributed by atoms with Gasteiger partial charge in [-0.25, -0.2) is 18.0 Å². The van der Waals surface area contributed by atoms with Crippen LogP contribution in [0.2, 0.25) is 0 Å². The van der Waals surface area contributed by atoms with E-state index in [-0.39, 0.29) is 36.9 Å². The molecule has 33 heavy (non-hydrogen) atoms. The molecule has 9 heteroatoms. The van der Waals surface area contributed by atoms with Crippen molar-refractivity contribution in [2.75, 3.05) is 11.9 Å². The Morgan fingerprint density at radius 3 is 2.15 bits per heavy atom. The number of carbonyl (C=O) groups excluding carboxylic acids is 2. The van der Waals surface area contributed by atoms with Gasteiger partial charge in [0.05, 0.1) is 0 Å². The fourth-order valence-electron chi connectivity index (χ4n) is 3.20. The molecule has 3 aromatic rings. The van der Waals surface area contributed by atoms with Crippen LogP contribution >= 0.6 is 13.5 Å². The third-order valence-electron chi connectivity index (χ3n) is 4.65. The first-order valence-electron chi connectivity index (χ1n) is 9.74. The molecular weight excluding hydrogens is 453 g/mol. The van der Waals surface area contributed by atoms with Crippen molar-refractivity contribution in [3.63, 3.8) is 0 Å². The maximum absolute atomic E-state index is 13.8. The lowest BCUT2D eigenvalue weighted by molar-refractivity contribution is -0.120. The lowest BCUT2D eigenvalue weighted by Crippen LogP contribution is -2.49. The largest absolute Gasteiger partial charge is 0.413 e. The van der Waals surface area contributed by atoms with E-state index in [1.807, 2.05) is 0 Å². The zero-order valence-corrected chi connectivity index (χ0v) is 18.9. The van der Waals surface area contributed by atoms with Crippen LogP contribution in [0, 0.1) is 24.4 Å². The summed E-state index contributed by atoms with van der Waals surface area (Å²) in [4.78, 5) is 26.7. The maximum Gasteiger partial charge on any atom is 0.413 e. The van der Waals surface area contributed by atoms with Crippen LogP contribution in [0.1, 0.15) is 11.1 Å². The molecule has 0 unspecified atom stereocenters. The van der Waals surface area contributed by atoms with Crippen molar-refractivity contribution in [3.8, 4) is 5.75 Å². The van der Waals surface area contributed by atoms with Gasteiger partial charge in [0.1, 0.15) is 29.2 Å². The lowest BCUT2D eigenvalue weighted by atomic mass is 10.0. The summed E-state index contributed by atoms with van der Waals surface area (Å²) in [7, 11) is 1.42. The summed E-state index contributed by atoms with van der Waals surface area (Å²) in [5, 5.41) is 2.44. The van der Waals surface area contributed by atoms with E-state index in [0.717, 1.165) is 12.1 Å². The number of nitrogens with zero attached hydrogens (tertiary/aromatic N) is 1. The summed E-state index contributed by atoms with van der Waals surface area (Å²) in [6.45, 7) is 1.67. The molecule has 5 nitrogen and oxygen atoms in total. The van der Waals surface area contributed by atoms with Crippen LogP contribution in [-0.2, 0) is 11.2 Å². The third-order valence-corrected chi connectivity index (χ3v) is 4.65. The van der Waals surface area contributed by atoms with E-state index < -0.39 is 35.5 Å². The Balaban J connectivity index is 0.00000385. The lowest BCUT2D eigenvalue weighted by Gasteiger charge is -2.25. The van der Waals surface area contributed by atoms with Gasteiger partial charge in [-0.2, -0.15) is 13.5 Å². The maximum atomic E-state index is 13.8. The Morgan fingerprint density at radius 1 is 0.939 bits per heavy atom. The van der Waals surface area contributed by atoms with Crippen LogP contribution in [0.5, 0.6) is 5.75 Å². The van der Waals surface area contributed by atoms with Gasteiger partial charge < -0.3 is 15.0 Å². The van der Waals surface area contributed by atoms with E-state index in [4.69, 9.17) is 4.74 Å². The topological polar surface area (TPSA) is 58.6 Å². The fourth-order valence-corrected chi connectivity index (χ4v) is 3.20. The van der Waals surface area contributed by atoms with Crippen LogP contribution in [0.15, 0.2) is 66.7 Å². The van der Waals surface area contributed by atoms with Gasteiger partial charge in [0.15, 0.2) is 0 Å². The van der Waals surface area contributed by atoms with E-state index in [2.05, 4.69) is 5.32 Å². The molecule has 0 aliphatic carbocycles. The highest BCUT2D eigenvalue weighted by molar-refractivity contribution is 7.59. The van der Waals surface area contributed by atoms with Gasteiger partial charge in [-0.3, -0.25) is 4.79 Å². The molecule has 1 atom stereocenters. The zero-order valence-electron chi connectivity index (χ0n) is 17.9. The van der Waals surface area contributed by atoms with Gasteiger partial charge in [-0.1, -0.05) is 18.2 Å². The van der Waals surface area contributed by atoms with E-state index in [9.17, 15) is 22.8 Å². The molecule has 1 N–H and O–H groups in total. The minimum atomic E-state index is -1.24. The first kappa shape index (κ1) is 25.8. The fraction of sp³-hybridized carbons (Fsp3) is 0.167. The van der Waals surface area contributed by atoms with Crippen molar-refractivity contribution in [1.82, 2.24) is 5.32 Å². The Kier molecular flexibility index (Phi) is 8.93. The summed E-state index contributed by atoms with van der Waals surface area (Å²) in [6.07, 6.45) is -1.13. The van der Waals surface area contributed by atoms with Crippen LogP contribution in [0.25, 0.3) is 0 Å². The Bertz CT molecular complexity index is 1090. The molecule has 3 rings (SSSR count). The van der Waals surface area contributed by atoms with Gasteiger partial charge in [0, 0.05) is 25.2 Å². The monoisotopic (exact) mass is 476 g/mol. The Labute approximate surface area is 196 Å². The molecule has 0 bridgehead atoms. The number of nitrogens with one attached hydrogen (secondary N) is 1. The average molecular weight is 477 g/mol. The molecule has 174 valence electrons. The summed E-state index contributed by atoms with van der Waals surface area (Å²) in [6, 6.07) is 13.9. The number of para-hydroxylation sites is 1. The number of aryl methyl sites for hydroxylation is 1. The second-order valence-corrected chi connectivity index (χ2v) is 7.27. The summed E-state index contributed by atoms with van der Waals surface area (Å²) >= 11 is 0. The number of hydrogen-bond donors (Lipinski definition) is 1. The SMILES string of the molecule is Cc1cc(F)cc(N(C)C(=O)[C@H](Cc2cc(F)cc(F)c2)NC(=O)Oc2ccccc2)c1.S. The second-order valence-electron chi connectivity index (χ2n) is 7.27. The minimum absolute atomic E-state index is 0. The molecule has 0 aliphatic rings. The Morgan fingerprint density at radius 2 is 1.55 bits per heavy atom.